The van der Waals surface area contributed by atoms with Gasteiger partial charge in [-0.05, 0) is 51.3 Å². The number of nitrogens with two attached hydrogens (primary N) is 1. The number of hydrogen-bond acceptors (Lipinski definition) is 5. The number of phenols is 1. The number of ether oxygens (including phenoxy) is 1. The smallest absolute Gasteiger partial charge is 0.407 e. The van der Waals surface area contributed by atoms with Gasteiger partial charge in [0, 0.05) is 6.04 Å². The van der Waals surface area contributed by atoms with Gasteiger partial charge in [-0.2, -0.15) is 0 Å². The molecule has 1 rings (SSSR count). The minimum Gasteiger partial charge on any atom is -0.506 e. The fraction of sp³-hybridized carbons (Fsp3) is 0.529. The average Bonchev–Trinajstić information content (AvgIpc) is 2.40. The lowest BCUT2D eigenvalue weighted by Gasteiger charge is -2.25. The van der Waals surface area contributed by atoms with E-state index in [1.54, 1.807) is 39.8 Å². The number of amides is 1. The Bertz CT molecular complexity index is 595. The number of nitrogens with one attached hydrogen (secondary N) is 1. The van der Waals surface area contributed by atoms with Gasteiger partial charge in [-0.3, -0.25) is 4.79 Å². The van der Waals surface area contributed by atoms with E-state index in [4.69, 9.17) is 15.6 Å². The number of aliphatic carboxylic acids is 1. The van der Waals surface area contributed by atoms with Crippen molar-refractivity contribution in [2.45, 2.75) is 52.2 Å². The van der Waals surface area contributed by atoms with E-state index in [-0.39, 0.29) is 17.9 Å². The molecule has 1 aromatic rings. The minimum atomic E-state index is -0.934. The van der Waals surface area contributed by atoms with Crippen molar-refractivity contribution in [3.8, 4) is 5.75 Å². The molecule has 1 amide bonds. The molecule has 0 spiro atoms. The molecule has 5 N–H and O–H groups in total. The maximum absolute atomic E-state index is 12.0. The molecular formula is C17H26N2O5. The van der Waals surface area contributed by atoms with Crippen molar-refractivity contribution in [1.82, 2.24) is 5.32 Å². The maximum atomic E-state index is 12.0. The molecule has 0 fully saturated rings. The van der Waals surface area contributed by atoms with Gasteiger partial charge in [0.1, 0.15) is 11.4 Å². The molecular weight excluding hydrogens is 312 g/mol. The first-order chi connectivity index (χ1) is 11.0. The summed E-state index contributed by atoms with van der Waals surface area (Å²) in [6.07, 6.45) is 0.0216. The standard InChI is InChI=1S/C17H26N2O5/c1-10(15(21)22)7-12(19-16(23)24-17(2,3)4)8-11-5-6-14(20)13(18)9-11/h5-6,9-10,12,20H,7-8,18H2,1-4H3,(H,19,23)(H,21,22). The molecule has 1 aromatic carbocycles. The van der Waals surface area contributed by atoms with Crippen molar-refractivity contribution in [2.24, 2.45) is 5.92 Å². The van der Waals surface area contributed by atoms with Gasteiger partial charge in [-0.15, -0.1) is 0 Å². The Morgan fingerprint density at radius 3 is 2.46 bits per heavy atom. The molecule has 0 radical (unpaired) electrons. The van der Waals surface area contributed by atoms with Gasteiger partial charge in [-0.25, -0.2) is 4.79 Å². The number of anilines is 1. The maximum Gasteiger partial charge on any atom is 0.407 e. The molecule has 0 heterocycles. The van der Waals surface area contributed by atoms with Gasteiger partial charge in [0.25, 0.3) is 0 Å². The lowest BCUT2D eigenvalue weighted by molar-refractivity contribution is -0.141. The highest BCUT2D eigenvalue weighted by atomic mass is 16.6. The molecule has 7 nitrogen and oxygen atoms in total. The topological polar surface area (TPSA) is 122 Å². The van der Waals surface area contributed by atoms with Crippen LogP contribution in [0, 0.1) is 5.92 Å². The second kappa shape index (κ2) is 7.90. The zero-order valence-corrected chi connectivity index (χ0v) is 14.5. The van der Waals surface area contributed by atoms with Crippen molar-refractivity contribution >= 4 is 17.7 Å². The molecule has 0 saturated carbocycles. The summed E-state index contributed by atoms with van der Waals surface area (Å²) in [7, 11) is 0. The first-order valence-corrected chi connectivity index (χ1v) is 7.77. The summed E-state index contributed by atoms with van der Waals surface area (Å²) in [6, 6.07) is 4.32. The van der Waals surface area contributed by atoms with Gasteiger partial charge in [0.2, 0.25) is 0 Å². The second-order valence-electron chi connectivity index (χ2n) is 6.92. The van der Waals surface area contributed by atoms with Crippen LogP contribution in [-0.2, 0) is 16.0 Å². The summed E-state index contributed by atoms with van der Waals surface area (Å²) in [5.41, 5.74) is 6.04. The van der Waals surface area contributed by atoms with Crippen molar-refractivity contribution in [3.05, 3.63) is 23.8 Å². The van der Waals surface area contributed by atoms with E-state index in [0.717, 1.165) is 5.56 Å². The first-order valence-electron chi connectivity index (χ1n) is 7.77. The predicted molar refractivity (Wildman–Crippen MR) is 90.8 cm³/mol. The Labute approximate surface area is 141 Å². The predicted octanol–water partition coefficient (Wildman–Crippen LogP) is 2.52. The quantitative estimate of drug-likeness (QED) is 0.467. The number of carbonyl (C=O) groups excluding carboxylic acids is 1. The van der Waals surface area contributed by atoms with Gasteiger partial charge in [-0.1, -0.05) is 13.0 Å². The zero-order valence-electron chi connectivity index (χ0n) is 14.5. The summed E-state index contributed by atoms with van der Waals surface area (Å²) in [6.45, 7) is 6.84. The summed E-state index contributed by atoms with van der Waals surface area (Å²) < 4.78 is 5.23. The van der Waals surface area contributed by atoms with E-state index in [1.807, 2.05) is 0 Å². The average molecular weight is 338 g/mol. The summed E-state index contributed by atoms with van der Waals surface area (Å²) in [5, 5.41) is 21.3. The van der Waals surface area contributed by atoms with Gasteiger partial charge >= 0.3 is 12.1 Å². The van der Waals surface area contributed by atoms with Crippen LogP contribution in [0.25, 0.3) is 0 Å². The first kappa shape index (κ1) is 19.6. The van der Waals surface area contributed by atoms with E-state index < -0.39 is 29.6 Å². The SMILES string of the molecule is CC(CC(Cc1ccc(O)c(N)c1)NC(=O)OC(C)(C)C)C(=O)O. The molecule has 134 valence electrons. The number of phenolic OH excluding ortho intramolecular Hbond substituents is 1. The number of nitrogen functional groups attached to an aromatic ring is 1. The van der Waals surface area contributed by atoms with Crippen LogP contribution >= 0.6 is 0 Å². The van der Waals surface area contributed by atoms with E-state index >= 15 is 0 Å². The number of carboxylic acids is 1. The third-order valence-electron chi connectivity index (χ3n) is 3.35. The lowest BCUT2D eigenvalue weighted by Crippen LogP contribution is -2.41. The fourth-order valence-electron chi connectivity index (χ4n) is 2.21. The largest absolute Gasteiger partial charge is 0.506 e. The Kier molecular flexibility index (Phi) is 6.45. The zero-order chi connectivity index (χ0) is 18.5. The number of benzene rings is 1. The van der Waals surface area contributed by atoms with Crippen molar-refractivity contribution in [2.75, 3.05) is 5.73 Å². The van der Waals surface area contributed by atoms with E-state index in [0.29, 0.717) is 6.42 Å². The molecule has 0 aliphatic rings. The number of carboxylic acid groups (broad SMARTS) is 1. The summed E-state index contributed by atoms with van der Waals surface area (Å²) in [5.74, 6) is -1.58. The highest BCUT2D eigenvalue weighted by Gasteiger charge is 2.23. The number of alkyl carbamates (subject to hydrolysis) is 1. The number of carbonyl (C=O) groups is 2. The molecule has 0 saturated heterocycles. The molecule has 0 aliphatic carbocycles. The molecule has 7 heteroatoms. The van der Waals surface area contributed by atoms with Gasteiger partial charge in [0.05, 0.1) is 11.6 Å². The molecule has 24 heavy (non-hydrogen) atoms. The Morgan fingerprint density at radius 2 is 1.96 bits per heavy atom. The van der Waals surface area contributed by atoms with Crippen LogP contribution < -0.4 is 11.1 Å². The Hall–Kier alpha value is -2.44. The third-order valence-corrected chi connectivity index (χ3v) is 3.35. The van der Waals surface area contributed by atoms with Crippen LogP contribution in [0.1, 0.15) is 39.7 Å². The third kappa shape index (κ3) is 6.76. The van der Waals surface area contributed by atoms with Crippen molar-refractivity contribution in [1.29, 1.82) is 0 Å². The Morgan fingerprint density at radius 1 is 1.33 bits per heavy atom. The fourth-order valence-corrected chi connectivity index (χ4v) is 2.21. The molecule has 2 atom stereocenters. The van der Waals surface area contributed by atoms with Crippen LogP contribution in [0.5, 0.6) is 5.75 Å². The van der Waals surface area contributed by atoms with E-state index in [2.05, 4.69) is 5.32 Å². The summed E-state index contributed by atoms with van der Waals surface area (Å²) >= 11 is 0. The molecule has 0 aromatic heterocycles. The van der Waals surface area contributed by atoms with Crippen molar-refractivity contribution in [3.63, 3.8) is 0 Å². The highest BCUT2D eigenvalue weighted by molar-refractivity contribution is 5.70. The van der Waals surface area contributed by atoms with Crippen LogP contribution in [0.3, 0.4) is 0 Å². The molecule has 0 bridgehead atoms. The van der Waals surface area contributed by atoms with Crippen LogP contribution in [0.15, 0.2) is 18.2 Å². The minimum absolute atomic E-state index is 0.0192. The number of aromatic hydroxyl groups is 1. The van der Waals surface area contributed by atoms with Gasteiger partial charge < -0.3 is 26.0 Å². The van der Waals surface area contributed by atoms with Crippen LogP contribution in [-0.4, -0.2) is 33.9 Å². The number of hydrogen-bond donors (Lipinski definition) is 4. The normalized spacial score (nSPS) is 13.8. The van der Waals surface area contributed by atoms with E-state index in [9.17, 15) is 14.7 Å². The molecule has 0 aliphatic heterocycles. The van der Waals surface area contributed by atoms with Crippen LogP contribution in [0.4, 0.5) is 10.5 Å². The van der Waals surface area contributed by atoms with E-state index in [1.165, 1.54) is 6.07 Å². The van der Waals surface area contributed by atoms with Crippen molar-refractivity contribution < 1.29 is 24.5 Å². The summed E-state index contributed by atoms with van der Waals surface area (Å²) in [4.78, 5) is 23.1. The number of rotatable bonds is 6. The van der Waals surface area contributed by atoms with Crippen LogP contribution in [0.2, 0.25) is 0 Å². The lowest BCUT2D eigenvalue weighted by atomic mass is 9.96. The highest BCUT2D eigenvalue weighted by Crippen LogP contribution is 2.22. The monoisotopic (exact) mass is 338 g/mol. The Balaban J connectivity index is 2.85. The van der Waals surface area contributed by atoms with Gasteiger partial charge in [0.15, 0.2) is 0 Å². The molecule has 2 unspecified atom stereocenters. The second-order valence-corrected chi connectivity index (χ2v) is 6.92.